The molecule has 1 aromatic carbocycles. The zero-order valence-electron chi connectivity index (χ0n) is 9.91. The summed E-state index contributed by atoms with van der Waals surface area (Å²) < 4.78 is 5.12. The van der Waals surface area contributed by atoms with Gasteiger partial charge >= 0.3 is 5.97 Å². The third-order valence-electron chi connectivity index (χ3n) is 1.73. The SMILES string of the molecule is C=C(NC(C)(C)C)C(=O)Oc1ccccc1. The summed E-state index contributed by atoms with van der Waals surface area (Å²) in [5.41, 5.74) is 0.0589. The molecule has 0 aliphatic carbocycles. The molecule has 0 saturated carbocycles. The van der Waals surface area contributed by atoms with Crippen LogP contribution in [-0.4, -0.2) is 11.5 Å². The van der Waals surface area contributed by atoms with E-state index in [-0.39, 0.29) is 11.2 Å². The largest absolute Gasteiger partial charge is 0.422 e. The summed E-state index contributed by atoms with van der Waals surface area (Å²) >= 11 is 0. The molecule has 0 unspecified atom stereocenters. The average molecular weight is 219 g/mol. The summed E-state index contributed by atoms with van der Waals surface area (Å²) in [5, 5.41) is 2.97. The minimum atomic E-state index is -0.457. The molecule has 0 aliphatic heterocycles. The van der Waals surface area contributed by atoms with E-state index in [9.17, 15) is 4.79 Å². The Kier molecular flexibility index (Phi) is 3.72. The lowest BCUT2D eigenvalue weighted by molar-refractivity contribution is -0.130. The molecule has 0 fully saturated rings. The average Bonchev–Trinajstić information content (AvgIpc) is 2.16. The number of esters is 1. The fourth-order valence-electron chi connectivity index (χ4n) is 1.16. The molecule has 3 nitrogen and oxygen atoms in total. The van der Waals surface area contributed by atoms with Crippen LogP contribution in [0.2, 0.25) is 0 Å². The van der Waals surface area contributed by atoms with Gasteiger partial charge in [-0.3, -0.25) is 0 Å². The van der Waals surface area contributed by atoms with E-state index in [0.717, 1.165) is 0 Å². The van der Waals surface area contributed by atoms with Crippen molar-refractivity contribution < 1.29 is 9.53 Å². The highest BCUT2D eigenvalue weighted by Crippen LogP contribution is 2.11. The smallest absolute Gasteiger partial charge is 0.359 e. The molecule has 1 aromatic rings. The number of benzene rings is 1. The maximum atomic E-state index is 11.6. The van der Waals surface area contributed by atoms with Crippen molar-refractivity contribution >= 4 is 5.97 Å². The van der Waals surface area contributed by atoms with Crippen LogP contribution in [-0.2, 0) is 4.79 Å². The van der Waals surface area contributed by atoms with Crippen molar-refractivity contribution in [2.45, 2.75) is 26.3 Å². The number of nitrogens with one attached hydrogen (secondary N) is 1. The number of hydrogen-bond donors (Lipinski definition) is 1. The molecule has 16 heavy (non-hydrogen) atoms. The molecule has 3 heteroatoms. The Morgan fingerprint density at radius 2 is 1.81 bits per heavy atom. The van der Waals surface area contributed by atoms with E-state index in [1.807, 2.05) is 39.0 Å². The second-order valence-electron chi connectivity index (χ2n) is 4.56. The second-order valence-corrected chi connectivity index (χ2v) is 4.56. The maximum absolute atomic E-state index is 11.6. The number of ether oxygens (including phenoxy) is 1. The molecule has 0 aliphatic rings. The lowest BCUT2D eigenvalue weighted by Gasteiger charge is -2.22. The van der Waals surface area contributed by atoms with Crippen LogP contribution >= 0.6 is 0 Å². The molecule has 1 rings (SSSR count). The van der Waals surface area contributed by atoms with E-state index >= 15 is 0 Å². The molecular weight excluding hydrogens is 202 g/mol. The van der Waals surface area contributed by atoms with Gasteiger partial charge in [0.1, 0.15) is 11.4 Å². The lowest BCUT2D eigenvalue weighted by Crippen LogP contribution is -2.38. The molecule has 1 N–H and O–H groups in total. The van der Waals surface area contributed by atoms with Crippen molar-refractivity contribution in [3.63, 3.8) is 0 Å². The zero-order valence-corrected chi connectivity index (χ0v) is 9.91. The van der Waals surface area contributed by atoms with E-state index in [1.54, 1.807) is 12.1 Å². The highest BCUT2D eigenvalue weighted by atomic mass is 16.5. The van der Waals surface area contributed by atoms with Crippen molar-refractivity contribution in [2.75, 3.05) is 0 Å². The van der Waals surface area contributed by atoms with Gasteiger partial charge in [0.2, 0.25) is 0 Å². The predicted octanol–water partition coefficient (Wildman–Crippen LogP) is 2.49. The fraction of sp³-hybridized carbons (Fsp3) is 0.308. The van der Waals surface area contributed by atoms with Crippen molar-refractivity contribution in [3.05, 3.63) is 42.6 Å². The van der Waals surface area contributed by atoms with E-state index in [4.69, 9.17) is 4.74 Å². The summed E-state index contributed by atoms with van der Waals surface area (Å²) in [4.78, 5) is 11.6. The van der Waals surface area contributed by atoms with Gasteiger partial charge in [-0.1, -0.05) is 24.8 Å². The van der Waals surface area contributed by atoms with Gasteiger partial charge in [-0.2, -0.15) is 0 Å². The van der Waals surface area contributed by atoms with Crippen molar-refractivity contribution in [1.29, 1.82) is 0 Å². The minimum Gasteiger partial charge on any atom is -0.422 e. The normalized spacial score (nSPS) is 10.7. The standard InChI is InChI=1S/C13H17NO2/c1-10(14-13(2,3)4)12(15)16-11-8-6-5-7-9-11/h5-9,14H,1H2,2-4H3. The number of hydrogen-bond acceptors (Lipinski definition) is 3. The van der Waals surface area contributed by atoms with Crippen LogP contribution in [0.15, 0.2) is 42.6 Å². The third-order valence-corrected chi connectivity index (χ3v) is 1.73. The molecule has 0 heterocycles. The number of rotatable bonds is 3. The minimum absolute atomic E-state index is 0.202. The van der Waals surface area contributed by atoms with Gasteiger partial charge in [0.25, 0.3) is 0 Å². The van der Waals surface area contributed by atoms with Crippen LogP contribution in [0.1, 0.15) is 20.8 Å². The molecule has 86 valence electrons. The summed E-state index contributed by atoms with van der Waals surface area (Å²) in [6.07, 6.45) is 0. The first-order valence-electron chi connectivity index (χ1n) is 5.13. The van der Waals surface area contributed by atoms with Gasteiger partial charge in [-0.15, -0.1) is 0 Å². The first kappa shape index (κ1) is 12.3. The second kappa shape index (κ2) is 4.84. The molecule has 0 radical (unpaired) electrons. The van der Waals surface area contributed by atoms with E-state index in [0.29, 0.717) is 5.75 Å². The molecule has 0 amide bonds. The quantitative estimate of drug-likeness (QED) is 0.482. The summed E-state index contributed by atoms with van der Waals surface area (Å²) in [7, 11) is 0. The van der Waals surface area contributed by atoms with Crippen molar-refractivity contribution in [1.82, 2.24) is 5.32 Å². The van der Waals surface area contributed by atoms with Crippen LogP contribution in [0.25, 0.3) is 0 Å². The molecule has 0 saturated heterocycles. The Balaban J connectivity index is 2.57. The summed E-state index contributed by atoms with van der Waals surface area (Å²) in [6, 6.07) is 8.93. The van der Waals surface area contributed by atoms with Crippen molar-refractivity contribution in [2.24, 2.45) is 0 Å². The zero-order chi connectivity index (χ0) is 12.2. The highest BCUT2D eigenvalue weighted by Gasteiger charge is 2.16. The monoisotopic (exact) mass is 219 g/mol. The number of para-hydroxylation sites is 1. The first-order chi connectivity index (χ1) is 7.38. The Morgan fingerprint density at radius 3 is 2.31 bits per heavy atom. The van der Waals surface area contributed by atoms with Crippen molar-refractivity contribution in [3.8, 4) is 5.75 Å². The highest BCUT2D eigenvalue weighted by molar-refractivity contribution is 5.88. The molecule has 0 bridgehead atoms. The predicted molar refractivity (Wildman–Crippen MR) is 64.1 cm³/mol. The Hall–Kier alpha value is -1.77. The summed E-state index contributed by atoms with van der Waals surface area (Å²) in [5.74, 6) is 0.0606. The van der Waals surface area contributed by atoms with Gasteiger partial charge in [0, 0.05) is 5.54 Å². The molecule has 0 spiro atoms. The van der Waals surface area contributed by atoms with Gasteiger partial charge in [-0.05, 0) is 32.9 Å². The Labute approximate surface area is 96.1 Å². The Bertz CT molecular complexity index is 377. The topological polar surface area (TPSA) is 38.3 Å². The van der Waals surface area contributed by atoms with Crippen LogP contribution in [0.4, 0.5) is 0 Å². The van der Waals surface area contributed by atoms with E-state index in [2.05, 4.69) is 11.9 Å². The first-order valence-corrected chi connectivity index (χ1v) is 5.13. The Morgan fingerprint density at radius 1 is 1.25 bits per heavy atom. The van der Waals surface area contributed by atoms with Gasteiger partial charge in [-0.25, -0.2) is 4.79 Å². The third kappa shape index (κ3) is 4.17. The van der Waals surface area contributed by atoms with Crippen LogP contribution in [0, 0.1) is 0 Å². The van der Waals surface area contributed by atoms with Crippen LogP contribution in [0.5, 0.6) is 5.75 Å². The van der Waals surface area contributed by atoms with Crippen LogP contribution < -0.4 is 10.1 Å². The van der Waals surface area contributed by atoms with Gasteiger partial charge < -0.3 is 10.1 Å². The van der Waals surface area contributed by atoms with Gasteiger partial charge in [0.05, 0.1) is 0 Å². The molecule has 0 aromatic heterocycles. The maximum Gasteiger partial charge on any atom is 0.359 e. The number of carbonyl (C=O) groups is 1. The van der Waals surface area contributed by atoms with Gasteiger partial charge in [0.15, 0.2) is 0 Å². The van der Waals surface area contributed by atoms with E-state index in [1.165, 1.54) is 0 Å². The van der Waals surface area contributed by atoms with Crippen LogP contribution in [0.3, 0.4) is 0 Å². The number of carbonyl (C=O) groups excluding carboxylic acids is 1. The lowest BCUT2D eigenvalue weighted by atomic mass is 10.1. The summed E-state index contributed by atoms with van der Waals surface area (Å²) in [6.45, 7) is 9.51. The molecular formula is C13H17NO2. The molecule has 0 atom stereocenters. The fourth-order valence-corrected chi connectivity index (χ4v) is 1.16. The van der Waals surface area contributed by atoms with E-state index < -0.39 is 5.97 Å².